The smallest absolute Gasteiger partial charge is 0.137 e. The standard InChI is InChI=1S/C16H18ClNO/c17-15-6-8-16(9-7-15)19-13-12-18-11-10-14-4-2-1-3-5-14/h1-9,18H,10-13H2/p+1. The molecule has 2 aromatic rings. The molecule has 2 N–H and O–H groups in total. The van der Waals surface area contributed by atoms with Crippen molar-refractivity contribution in [1.82, 2.24) is 0 Å². The maximum absolute atomic E-state index is 5.81. The molecule has 0 radical (unpaired) electrons. The van der Waals surface area contributed by atoms with Gasteiger partial charge in [0.2, 0.25) is 0 Å². The molecule has 0 aromatic heterocycles. The summed E-state index contributed by atoms with van der Waals surface area (Å²) in [6, 6.07) is 18.0. The van der Waals surface area contributed by atoms with Gasteiger partial charge in [-0.1, -0.05) is 41.9 Å². The number of rotatable bonds is 7. The number of hydrogen-bond acceptors (Lipinski definition) is 1. The molecule has 0 aliphatic heterocycles. The van der Waals surface area contributed by atoms with Crippen LogP contribution in [-0.4, -0.2) is 19.7 Å². The summed E-state index contributed by atoms with van der Waals surface area (Å²) in [7, 11) is 0. The van der Waals surface area contributed by atoms with E-state index in [9.17, 15) is 0 Å². The number of hydrogen-bond donors (Lipinski definition) is 1. The SMILES string of the molecule is Clc1ccc(OCC[NH2+]CCc2ccccc2)cc1. The zero-order valence-corrected chi connectivity index (χ0v) is 11.6. The Morgan fingerprint density at radius 1 is 0.895 bits per heavy atom. The van der Waals surface area contributed by atoms with Gasteiger partial charge < -0.3 is 10.1 Å². The second kappa shape index (κ2) is 7.82. The molecular formula is C16H19ClNO+. The lowest BCUT2D eigenvalue weighted by atomic mass is 10.1. The van der Waals surface area contributed by atoms with E-state index in [1.165, 1.54) is 5.56 Å². The molecule has 0 saturated heterocycles. The third-order valence-corrected chi connectivity index (χ3v) is 3.14. The highest BCUT2D eigenvalue weighted by molar-refractivity contribution is 6.30. The van der Waals surface area contributed by atoms with Gasteiger partial charge in [-0.25, -0.2) is 0 Å². The Morgan fingerprint density at radius 3 is 2.37 bits per heavy atom. The minimum absolute atomic E-state index is 0.719. The first kappa shape index (κ1) is 13.9. The molecule has 3 heteroatoms. The van der Waals surface area contributed by atoms with Gasteiger partial charge >= 0.3 is 0 Å². The van der Waals surface area contributed by atoms with Crippen LogP contribution < -0.4 is 10.1 Å². The van der Waals surface area contributed by atoms with E-state index in [4.69, 9.17) is 16.3 Å². The van der Waals surface area contributed by atoms with Crippen LogP contribution in [0.2, 0.25) is 5.02 Å². The molecule has 0 aliphatic carbocycles. The Balaban J connectivity index is 1.56. The van der Waals surface area contributed by atoms with Crippen molar-refractivity contribution < 1.29 is 10.1 Å². The average Bonchev–Trinajstić information content (AvgIpc) is 2.46. The minimum atomic E-state index is 0.719. The van der Waals surface area contributed by atoms with Gasteiger partial charge in [-0.05, 0) is 29.8 Å². The van der Waals surface area contributed by atoms with Crippen molar-refractivity contribution in [3.05, 3.63) is 65.2 Å². The van der Waals surface area contributed by atoms with E-state index in [1.54, 1.807) is 0 Å². The molecule has 0 aliphatic rings. The lowest BCUT2D eigenvalue weighted by Crippen LogP contribution is -2.85. The largest absolute Gasteiger partial charge is 0.488 e. The van der Waals surface area contributed by atoms with Crippen molar-refractivity contribution in [2.45, 2.75) is 6.42 Å². The zero-order chi connectivity index (χ0) is 13.3. The predicted molar refractivity (Wildman–Crippen MR) is 78.8 cm³/mol. The van der Waals surface area contributed by atoms with E-state index in [-0.39, 0.29) is 0 Å². The molecular weight excluding hydrogens is 258 g/mol. The molecule has 0 saturated carbocycles. The molecule has 0 atom stereocenters. The van der Waals surface area contributed by atoms with E-state index >= 15 is 0 Å². The van der Waals surface area contributed by atoms with Crippen LogP contribution in [0.3, 0.4) is 0 Å². The van der Waals surface area contributed by atoms with Gasteiger partial charge in [0.25, 0.3) is 0 Å². The quantitative estimate of drug-likeness (QED) is 0.773. The fourth-order valence-electron chi connectivity index (χ4n) is 1.85. The van der Waals surface area contributed by atoms with E-state index < -0.39 is 0 Å². The Morgan fingerprint density at radius 2 is 1.63 bits per heavy atom. The van der Waals surface area contributed by atoms with E-state index in [2.05, 4.69) is 29.6 Å². The van der Waals surface area contributed by atoms with Crippen LogP contribution in [0.4, 0.5) is 0 Å². The molecule has 0 heterocycles. The van der Waals surface area contributed by atoms with Gasteiger partial charge in [-0.2, -0.15) is 0 Å². The maximum Gasteiger partial charge on any atom is 0.137 e. The van der Waals surface area contributed by atoms with E-state index in [0.717, 1.165) is 36.9 Å². The second-order valence-corrected chi connectivity index (χ2v) is 4.84. The number of nitrogens with two attached hydrogens (primary N) is 1. The van der Waals surface area contributed by atoms with Crippen LogP contribution in [0, 0.1) is 0 Å². The molecule has 2 nitrogen and oxygen atoms in total. The minimum Gasteiger partial charge on any atom is -0.488 e. The van der Waals surface area contributed by atoms with Gasteiger partial charge in [-0.3, -0.25) is 0 Å². The third-order valence-electron chi connectivity index (χ3n) is 2.88. The van der Waals surface area contributed by atoms with Crippen molar-refractivity contribution in [2.75, 3.05) is 19.7 Å². The summed E-state index contributed by atoms with van der Waals surface area (Å²) < 4.78 is 5.62. The number of ether oxygens (including phenoxy) is 1. The van der Waals surface area contributed by atoms with Crippen LogP contribution in [0.5, 0.6) is 5.75 Å². The monoisotopic (exact) mass is 276 g/mol. The highest BCUT2D eigenvalue weighted by atomic mass is 35.5. The van der Waals surface area contributed by atoms with Crippen LogP contribution in [-0.2, 0) is 6.42 Å². The molecule has 100 valence electrons. The summed E-state index contributed by atoms with van der Waals surface area (Å²) in [4.78, 5) is 0. The van der Waals surface area contributed by atoms with Crippen LogP contribution in [0.1, 0.15) is 5.56 Å². The van der Waals surface area contributed by atoms with Crippen LogP contribution in [0.15, 0.2) is 54.6 Å². The Bertz CT molecular complexity index is 470. The number of benzene rings is 2. The number of halogens is 1. The van der Waals surface area contributed by atoms with Crippen molar-refractivity contribution in [3.63, 3.8) is 0 Å². The highest BCUT2D eigenvalue weighted by Crippen LogP contribution is 2.14. The fourth-order valence-corrected chi connectivity index (χ4v) is 1.97. The second-order valence-electron chi connectivity index (χ2n) is 4.40. The molecule has 0 unspecified atom stereocenters. The highest BCUT2D eigenvalue weighted by Gasteiger charge is 1.96. The Hall–Kier alpha value is -1.51. The first-order valence-electron chi connectivity index (χ1n) is 6.58. The van der Waals surface area contributed by atoms with Gasteiger partial charge in [0, 0.05) is 11.4 Å². The summed E-state index contributed by atoms with van der Waals surface area (Å²) in [5.41, 5.74) is 1.39. The molecule has 0 amide bonds. The summed E-state index contributed by atoms with van der Waals surface area (Å²) in [6.45, 7) is 2.78. The molecule has 2 rings (SSSR count). The van der Waals surface area contributed by atoms with Crippen molar-refractivity contribution in [1.29, 1.82) is 0 Å². The van der Waals surface area contributed by atoms with Crippen molar-refractivity contribution in [2.24, 2.45) is 0 Å². The fraction of sp³-hybridized carbons (Fsp3) is 0.250. The summed E-state index contributed by atoms with van der Waals surface area (Å²) in [6.07, 6.45) is 1.10. The summed E-state index contributed by atoms with van der Waals surface area (Å²) in [5, 5.41) is 3.02. The normalized spacial score (nSPS) is 10.4. The molecule has 2 aromatic carbocycles. The topological polar surface area (TPSA) is 25.8 Å². The van der Waals surface area contributed by atoms with Gasteiger partial charge in [0.15, 0.2) is 0 Å². The number of quaternary nitrogens is 1. The Kier molecular flexibility index (Phi) is 5.73. The van der Waals surface area contributed by atoms with Crippen molar-refractivity contribution in [3.8, 4) is 5.75 Å². The van der Waals surface area contributed by atoms with E-state index in [1.807, 2.05) is 30.3 Å². The predicted octanol–water partition coefficient (Wildman–Crippen LogP) is 2.52. The zero-order valence-electron chi connectivity index (χ0n) is 10.9. The molecule has 19 heavy (non-hydrogen) atoms. The first-order valence-corrected chi connectivity index (χ1v) is 6.96. The van der Waals surface area contributed by atoms with Gasteiger partial charge in [0.05, 0.1) is 6.54 Å². The molecule has 0 fully saturated rings. The summed E-state index contributed by atoms with van der Waals surface area (Å²) >= 11 is 5.81. The third kappa shape index (κ3) is 5.33. The molecule has 0 spiro atoms. The lowest BCUT2D eigenvalue weighted by Gasteiger charge is -2.05. The van der Waals surface area contributed by atoms with Gasteiger partial charge in [-0.15, -0.1) is 0 Å². The Labute approximate surface area is 119 Å². The van der Waals surface area contributed by atoms with Crippen molar-refractivity contribution >= 4 is 11.6 Å². The first-order chi connectivity index (χ1) is 9.34. The van der Waals surface area contributed by atoms with Gasteiger partial charge in [0.1, 0.15) is 18.9 Å². The maximum atomic E-state index is 5.81. The molecule has 0 bridgehead atoms. The van der Waals surface area contributed by atoms with E-state index in [0.29, 0.717) is 0 Å². The van der Waals surface area contributed by atoms with Crippen LogP contribution in [0.25, 0.3) is 0 Å². The van der Waals surface area contributed by atoms with Crippen LogP contribution >= 0.6 is 11.6 Å². The lowest BCUT2D eigenvalue weighted by molar-refractivity contribution is -0.654. The summed E-state index contributed by atoms with van der Waals surface area (Å²) in [5.74, 6) is 0.876. The average molecular weight is 277 g/mol.